The van der Waals surface area contributed by atoms with Crippen LogP contribution in [0.5, 0.6) is 0 Å². The highest BCUT2D eigenvalue weighted by Crippen LogP contribution is 2.24. The molecule has 1 amide bonds. The number of carbonyl (C=O) groups excluding carboxylic acids is 1. The van der Waals surface area contributed by atoms with Crippen LogP contribution in [0.3, 0.4) is 0 Å². The molecular formula is C29H39FN2O. The van der Waals surface area contributed by atoms with Crippen molar-refractivity contribution in [2.24, 2.45) is 17.8 Å². The van der Waals surface area contributed by atoms with Crippen molar-refractivity contribution in [1.29, 1.82) is 0 Å². The third-order valence-electron chi connectivity index (χ3n) is 7.41. The molecule has 2 aromatic carbocycles. The molecule has 2 saturated heterocycles. The van der Waals surface area contributed by atoms with Crippen molar-refractivity contribution in [2.75, 3.05) is 26.2 Å². The van der Waals surface area contributed by atoms with E-state index in [1.807, 2.05) is 17.0 Å². The van der Waals surface area contributed by atoms with Gasteiger partial charge < -0.3 is 4.90 Å². The first-order chi connectivity index (χ1) is 15.9. The normalized spacial score (nSPS) is 22.5. The zero-order valence-electron chi connectivity index (χ0n) is 20.3. The molecule has 0 aliphatic carbocycles. The summed E-state index contributed by atoms with van der Waals surface area (Å²) in [7, 11) is 0. The number of halogens is 1. The minimum Gasteiger partial charge on any atom is -0.343 e. The molecule has 2 atom stereocenters. The topological polar surface area (TPSA) is 23.6 Å². The molecule has 2 fully saturated rings. The van der Waals surface area contributed by atoms with Crippen LogP contribution in [-0.2, 0) is 24.2 Å². The molecule has 178 valence electrons. The number of aryl methyl sites for hydroxylation is 1. The molecule has 2 heterocycles. The van der Waals surface area contributed by atoms with E-state index in [9.17, 15) is 9.18 Å². The highest BCUT2D eigenvalue weighted by molar-refractivity contribution is 5.76. The van der Waals surface area contributed by atoms with Crippen LogP contribution in [0, 0.1) is 23.6 Å². The predicted octanol–water partition coefficient (Wildman–Crippen LogP) is 5.72. The van der Waals surface area contributed by atoms with E-state index in [1.54, 1.807) is 0 Å². The van der Waals surface area contributed by atoms with Gasteiger partial charge in [0.2, 0.25) is 5.91 Å². The van der Waals surface area contributed by atoms with Gasteiger partial charge in [0.1, 0.15) is 5.82 Å². The first-order valence-corrected chi connectivity index (χ1v) is 12.8. The number of likely N-dealkylation sites (tertiary alicyclic amines) is 2. The van der Waals surface area contributed by atoms with Gasteiger partial charge in [-0.05, 0) is 78.7 Å². The van der Waals surface area contributed by atoms with E-state index in [0.29, 0.717) is 12.3 Å². The summed E-state index contributed by atoms with van der Waals surface area (Å²) < 4.78 is 13.1. The second-order valence-corrected chi connectivity index (χ2v) is 10.6. The maximum atomic E-state index is 13.1. The lowest BCUT2D eigenvalue weighted by atomic mass is 9.90. The largest absolute Gasteiger partial charge is 0.343 e. The standard InChI is InChI=1S/C29H39FN2O/c1-22-17-23(2)20-31(19-22)21-27-5-3-24(4-6-27)9-12-29(33)32-15-13-26(14-16-32)18-25-7-10-28(30)11-8-25/h3-8,10-11,22-23,26H,9,12-21H2,1-2H3/t22-,23+. The van der Waals surface area contributed by atoms with Crippen LogP contribution in [0.25, 0.3) is 0 Å². The molecule has 3 nitrogen and oxygen atoms in total. The van der Waals surface area contributed by atoms with E-state index in [-0.39, 0.29) is 11.7 Å². The third-order valence-corrected chi connectivity index (χ3v) is 7.41. The molecule has 4 rings (SSSR count). The molecule has 2 aromatic rings. The summed E-state index contributed by atoms with van der Waals surface area (Å²) in [4.78, 5) is 17.4. The maximum Gasteiger partial charge on any atom is 0.222 e. The first kappa shape index (κ1) is 23.9. The zero-order valence-corrected chi connectivity index (χ0v) is 20.3. The molecule has 0 aromatic heterocycles. The van der Waals surface area contributed by atoms with E-state index < -0.39 is 0 Å². The Morgan fingerprint density at radius 2 is 1.45 bits per heavy atom. The summed E-state index contributed by atoms with van der Waals surface area (Å²) in [6.45, 7) is 9.82. The van der Waals surface area contributed by atoms with Crippen LogP contribution in [0.1, 0.15) is 56.2 Å². The van der Waals surface area contributed by atoms with Gasteiger partial charge >= 0.3 is 0 Å². The van der Waals surface area contributed by atoms with Crippen molar-refractivity contribution in [3.05, 3.63) is 71.0 Å². The summed E-state index contributed by atoms with van der Waals surface area (Å²) in [6, 6.07) is 15.7. The third kappa shape index (κ3) is 7.14. The zero-order chi connectivity index (χ0) is 23.2. The number of rotatable bonds is 7. The molecule has 0 radical (unpaired) electrons. The number of nitrogens with zero attached hydrogens (tertiary/aromatic N) is 2. The quantitative estimate of drug-likeness (QED) is 0.539. The van der Waals surface area contributed by atoms with Crippen LogP contribution in [0.15, 0.2) is 48.5 Å². The van der Waals surface area contributed by atoms with Crippen molar-refractivity contribution in [2.45, 2.75) is 58.9 Å². The lowest BCUT2D eigenvalue weighted by Gasteiger charge is -2.35. The molecule has 0 bridgehead atoms. The Hall–Kier alpha value is -2.20. The van der Waals surface area contributed by atoms with Gasteiger partial charge in [-0.1, -0.05) is 50.2 Å². The summed E-state index contributed by atoms with van der Waals surface area (Å²) >= 11 is 0. The lowest BCUT2D eigenvalue weighted by Crippen LogP contribution is -2.39. The average molecular weight is 451 g/mol. The minimum absolute atomic E-state index is 0.180. The highest BCUT2D eigenvalue weighted by atomic mass is 19.1. The van der Waals surface area contributed by atoms with Gasteiger partial charge in [-0.3, -0.25) is 9.69 Å². The highest BCUT2D eigenvalue weighted by Gasteiger charge is 2.23. The molecule has 2 aliphatic rings. The van der Waals surface area contributed by atoms with Crippen molar-refractivity contribution in [3.8, 4) is 0 Å². The van der Waals surface area contributed by atoms with Gasteiger partial charge in [-0.2, -0.15) is 0 Å². The Morgan fingerprint density at radius 1 is 0.879 bits per heavy atom. The van der Waals surface area contributed by atoms with Gasteiger partial charge in [-0.25, -0.2) is 4.39 Å². The average Bonchev–Trinajstić information content (AvgIpc) is 2.80. The van der Waals surface area contributed by atoms with E-state index in [0.717, 1.165) is 57.2 Å². The van der Waals surface area contributed by atoms with Crippen molar-refractivity contribution < 1.29 is 9.18 Å². The molecule has 2 aliphatic heterocycles. The molecule has 0 spiro atoms. The van der Waals surface area contributed by atoms with E-state index in [4.69, 9.17) is 0 Å². The smallest absolute Gasteiger partial charge is 0.222 e. The van der Waals surface area contributed by atoms with Crippen LogP contribution in [0.2, 0.25) is 0 Å². The number of hydrogen-bond donors (Lipinski definition) is 0. The maximum absolute atomic E-state index is 13.1. The Kier molecular flexibility index (Phi) is 8.19. The molecular weight excluding hydrogens is 411 g/mol. The second kappa shape index (κ2) is 11.3. The Labute approximate surface area is 199 Å². The molecule has 33 heavy (non-hydrogen) atoms. The lowest BCUT2D eigenvalue weighted by molar-refractivity contribution is -0.132. The Morgan fingerprint density at radius 3 is 2.09 bits per heavy atom. The molecule has 0 unspecified atom stereocenters. The van der Waals surface area contributed by atoms with Gasteiger partial charge in [0.15, 0.2) is 0 Å². The number of hydrogen-bond acceptors (Lipinski definition) is 2. The van der Waals surface area contributed by atoms with Gasteiger partial charge in [0, 0.05) is 39.1 Å². The number of piperidine rings is 2. The molecule has 0 N–H and O–H groups in total. The fourth-order valence-corrected chi connectivity index (χ4v) is 5.74. The summed E-state index contributed by atoms with van der Waals surface area (Å²) in [6.07, 6.45) is 5.78. The number of amides is 1. The van der Waals surface area contributed by atoms with Crippen LogP contribution >= 0.6 is 0 Å². The van der Waals surface area contributed by atoms with Crippen molar-refractivity contribution >= 4 is 5.91 Å². The van der Waals surface area contributed by atoms with Gasteiger partial charge in [-0.15, -0.1) is 0 Å². The first-order valence-electron chi connectivity index (χ1n) is 12.8. The summed E-state index contributed by atoms with van der Waals surface area (Å²) in [5, 5.41) is 0. The van der Waals surface area contributed by atoms with E-state index in [2.05, 4.69) is 43.0 Å². The molecule has 0 saturated carbocycles. The Balaban J connectivity index is 1.18. The fourth-order valence-electron chi connectivity index (χ4n) is 5.74. The summed E-state index contributed by atoms with van der Waals surface area (Å²) in [5.74, 6) is 2.24. The minimum atomic E-state index is -0.180. The van der Waals surface area contributed by atoms with Crippen LogP contribution < -0.4 is 0 Å². The van der Waals surface area contributed by atoms with Crippen molar-refractivity contribution in [1.82, 2.24) is 9.80 Å². The van der Waals surface area contributed by atoms with Gasteiger partial charge in [0.05, 0.1) is 0 Å². The second-order valence-electron chi connectivity index (χ2n) is 10.6. The fraction of sp³-hybridized carbons (Fsp3) is 0.552. The van der Waals surface area contributed by atoms with E-state index in [1.165, 1.54) is 48.3 Å². The number of benzene rings is 2. The van der Waals surface area contributed by atoms with E-state index >= 15 is 0 Å². The van der Waals surface area contributed by atoms with Crippen molar-refractivity contribution in [3.63, 3.8) is 0 Å². The SMILES string of the molecule is C[C@@H]1C[C@H](C)CN(Cc2ccc(CCC(=O)N3CCC(Cc4ccc(F)cc4)CC3)cc2)C1. The van der Waals surface area contributed by atoms with Gasteiger partial charge in [0.25, 0.3) is 0 Å². The van der Waals surface area contributed by atoms with Crippen LogP contribution in [0.4, 0.5) is 4.39 Å². The number of carbonyl (C=O) groups is 1. The Bertz CT molecular complexity index is 877. The molecule has 4 heteroatoms. The summed E-state index contributed by atoms with van der Waals surface area (Å²) in [5.41, 5.74) is 3.81. The predicted molar refractivity (Wildman–Crippen MR) is 132 cm³/mol. The monoisotopic (exact) mass is 450 g/mol. The van der Waals surface area contributed by atoms with Crippen LogP contribution in [-0.4, -0.2) is 41.9 Å².